The van der Waals surface area contributed by atoms with E-state index in [-0.39, 0.29) is 6.04 Å². The third-order valence-corrected chi connectivity index (χ3v) is 3.49. The van der Waals surface area contributed by atoms with Crippen molar-refractivity contribution in [2.24, 2.45) is 7.05 Å². The monoisotopic (exact) mass is 268 g/mol. The fourth-order valence-electron chi connectivity index (χ4n) is 1.99. The highest BCUT2D eigenvalue weighted by atomic mass is 35.5. The van der Waals surface area contributed by atoms with Crippen LogP contribution < -0.4 is 5.32 Å². The summed E-state index contributed by atoms with van der Waals surface area (Å²) in [7, 11) is 3.79. The van der Waals surface area contributed by atoms with Gasteiger partial charge in [-0.05, 0) is 14.0 Å². The van der Waals surface area contributed by atoms with Gasteiger partial charge in [-0.25, -0.2) is 4.98 Å². The third-order valence-electron chi connectivity index (χ3n) is 3.00. The van der Waals surface area contributed by atoms with Gasteiger partial charge >= 0.3 is 0 Å². The Morgan fingerprint density at radius 2 is 2.22 bits per heavy atom. The highest BCUT2D eigenvalue weighted by Crippen LogP contribution is 2.25. The van der Waals surface area contributed by atoms with Crippen LogP contribution >= 0.6 is 11.6 Å². The molecule has 0 spiro atoms. The fourth-order valence-corrected chi connectivity index (χ4v) is 2.23. The van der Waals surface area contributed by atoms with Crippen LogP contribution in [0.3, 0.4) is 0 Å². The second-order valence-electron chi connectivity index (χ2n) is 4.31. The topological polar surface area (TPSA) is 55.9 Å². The van der Waals surface area contributed by atoms with E-state index >= 15 is 0 Å². The summed E-state index contributed by atoms with van der Waals surface area (Å²) in [5.41, 5.74) is 2.72. The number of oxazole rings is 1. The van der Waals surface area contributed by atoms with Crippen LogP contribution in [0.25, 0.3) is 0 Å². The van der Waals surface area contributed by atoms with Gasteiger partial charge in [0, 0.05) is 20.4 Å². The molecule has 0 saturated heterocycles. The van der Waals surface area contributed by atoms with Crippen molar-refractivity contribution in [2.45, 2.75) is 26.3 Å². The van der Waals surface area contributed by atoms with Gasteiger partial charge in [-0.2, -0.15) is 5.10 Å². The van der Waals surface area contributed by atoms with E-state index in [0.29, 0.717) is 5.89 Å². The Morgan fingerprint density at radius 3 is 2.67 bits per heavy atom. The summed E-state index contributed by atoms with van der Waals surface area (Å²) in [6.07, 6.45) is 2.40. The molecule has 2 rings (SSSR count). The number of hydrogen-bond acceptors (Lipinski definition) is 4. The number of nitrogens with zero attached hydrogens (tertiary/aromatic N) is 3. The number of aryl methyl sites for hydroxylation is 3. The predicted octanol–water partition coefficient (Wildman–Crippen LogP) is 2.18. The van der Waals surface area contributed by atoms with Crippen LogP contribution in [0.2, 0.25) is 5.02 Å². The molecule has 1 unspecified atom stereocenters. The van der Waals surface area contributed by atoms with Gasteiger partial charge in [0.25, 0.3) is 0 Å². The van der Waals surface area contributed by atoms with Gasteiger partial charge < -0.3 is 9.73 Å². The minimum atomic E-state index is 0.0646. The summed E-state index contributed by atoms with van der Waals surface area (Å²) in [5, 5.41) is 8.25. The molecule has 2 aromatic rings. The van der Waals surface area contributed by atoms with Gasteiger partial charge in [0.2, 0.25) is 0 Å². The summed E-state index contributed by atoms with van der Waals surface area (Å²) >= 11 is 6.25. The number of rotatable bonds is 4. The van der Waals surface area contributed by atoms with E-state index in [0.717, 1.165) is 28.5 Å². The fraction of sp³-hybridized carbons (Fsp3) is 0.500. The zero-order valence-corrected chi connectivity index (χ0v) is 11.7. The first-order chi connectivity index (χ1) is 8.52. The summed E-state index contributed by atoms with van der Waals surface area (Å²) in [6.45, 7) is 3.73. The largest absolute Gasteiger partial charge is 0.449 e. The molecule has 1 atom stereocenters. The van der Waals surface area contributed by atoms with Crippen molar-refractivity contribution in [1.29, 1.82) is 0 Å². The molecule has 5 nitrogen and oxygen atoms in total. The first kappa shape index (κ1) is 13.1. The van der Waals surface area contributed by atoms with E-state index < -0.39 is 0 Å². The quantitative estimate of drug-likeness (QED) is 0.923. The molecular weight excluding hydrogens is 252 g/mol. The average molecular weight is 269 g/mol. The molecule has 98 valence electrons. The minimum Gasteiger partial charge on any atom is -0.449 e. The van der Waals surface area contributed by atoms with Crippen LogP contribution in [-0.4, -0.2) is 21.8 Å². The van der Waals surface area contributed by atoms with Gasteiger partial charge in [-0.1, -0.05) is 11.6 Å². The molecule has 1 N–H and O–H groups in total. The molecule has 18 heavy (non-hydrogen) atoms. The first-order valence-corrected chi connectivity index (χ1v) is 6.18. The van der Waals surface area contributed by atoms with Crippen LogP contribution in [-0.2, 0) is 13.5 Å². The molecule has 0 aromatic carbocycles. The van der Waals surface area contributed by atoms with Crippen molar-refractivity contribution < 1.29 is 4.42 Å². The third kappa shape index (κ3) is 2.42. The Balaban J connectivity index is 2.25. The van der Waals surface area contributed by atoms with Crippen molar-refractivity contribution in [3.05, 3.63) is 34.3 Å². The maximum absolute atomic E-state index is 6.25. The normalized spacial score (nSPS) is 12.9. The molecule has 0 fully saturated rings. The molecule has 0 bridgehead atoms. The Kier molecular flexibility index (Phi) is 3.73. The van der Waals surface area contributed by atoms with E-state index in [1.807, 2.05) is 32.6 Å². The zero-order valence-electron chi connectivity index (χ0n) is 11.0. The summed E-state index contributed by atoms with van der Waals surface area (Å²) < 4.78 is 7.06. The lowest BCUT2D eigenvalue weighted by Gasteiger charge is -2.13. The molecule has 0 aliphatic rings. The number of nitrogens with one attached hydrogen (secondary N) is 1. The van der Waals surface area contributed by atoms with E-state index in [1.165, 1.54) is 0 Å². The second kappa shape index (κ2) is 5.12. The lowest BCUT2D eigenvalue weighted by atomic mass is 10.1. The molecule has 0 amide bonds. The van der Waals surface area contributed by atoms with Crippen LogP contribution in [0.4, 0.5) is 0 Å². The van der Waals surface area contributed by atoms with Crippen LogP contribution in [0.5, 0.6) is 0 Å². The second-order valence-corrected chi connectivity index (χ2v) is 4.68. The predicted molar refractivity (Wildman–Crippen MR) is 69.7 cm³/mol. The first-order valence-electron chi connectivity index (χ1n) is 5.80. The standard InChI is InChI=1S/C12H17ClN4O/c1-7-12(13)11(17(4)16-7)5-9(14-3)10-6-18-8(2)15-10/h6,9,14H,5H2,1-4H3. The highest BCUT2D eigenvalue weighted by molar-refractivity contribution is 6.31. The molecule has 0 saturated carbocycles. The maximum atomic E-state index is 6.25. The number of likely N-dealkylation sites (N-methyl/N-ethyl adjacent to an activating group) is 1. The van der Waals surface area contributed by atoms with Crippen molar-refractivity contribution in [3.63, 3.8) is 0 Å². The lowest BCUT2D eigenvalue weighted by molar-refractivity contribution is 0.513. The van der Waals surface area contributed by atoms with Gasteiger partial charge in [0.15, 0.2) is 5.89 Å². The van der Waals surface area contributed by atoms with Crippen LogP contribution in [0.15, 0.2) is 10.7 Å². The molecule has 6 heteroatoms. The Morgan fingerprint density at radius 1 is 1.50 bits per heavy atom. The number of hydrogen-bond donors (Lipinski definition) is 1. The van der Waals surface area contributed by atoms with E-state index in [1.54, 1.807) is 6.26 Å². The van der Waals surface area contributed by atoms with Crippen LogP contribution in [0, 0.1) is 13.8 Å². The van der Waals surface area contributed by atoms with E-state index in [2.05, 4.69) is 15.4 Å². The average Bonchev–Trinajstić information content (AvgIpc) is 2.84. The molecule has 2 heterocycles. The minimum absolute atomic E-state index is 0.0646. The Bertz CT molecular complexity index is 546. The van der Waals surface area contributed by atoms with Gasteiger partial charge in [-0.3, -0.25) is 4.68 Å². The van der Waals surface area contributed by atoms with E-state index in [9.17, 15) is 0 Å². The summed E-state index contributed by atoms with van der Waals surface area (Å²) in [4.78, 5) is 4.34. The molecular formula is C12H17ClN4O. The summed E-state index contributed by atoms with van der Waals surface area (Å²) in [6, 6.07) is 0.0646. The number of aromatic nitrogens is 3. The van der Waals surface area contributed by atoms with Crippen molar-refractivity contribution in [2.75, 3.05) is 7.05 Å². The highest BCUT2D eigenvalue weighted by Gasteiger charge is 2.19. The maximum Gasteiger partial charge on any atom is 0.191 e. The SMILES string of the molecule is CNC(Cc1c(Cl)c(C)nn1C)c1coc(C)n1. The molecule has 0 radical (unpaired) electrons. The van der Waals surface area contributed by atoms with Crippen LogP contribution in [0.1, 0.15) is 29.0 Å². The zero-order chi connectivity index (χ0) is 13.3. The summed E-state index contributed by atoms with van der Waals surface area (Å²) in [5.74, 6) is 0.664. The molecule has 2 aromatic heterocycles. The van der Waals surface area contributed by atoms with Gasteiger partial charge in [0.05, 0.1) is 28.1 Å². The molecule has 0 aliphatic heterocycles. The molecule has 0 aliphatic carbocycles. The Hall–Kier alpha value is -1.33. The van der Waals surface area contributed by atoms with Crippen molar-refractivity contribution in [3.8, 4) is 0 Å². The number of halogens is 1. The van der Waals surface area contributed by atoms with Crippen molar-refractivity contribution >= 4 is 11.6 Å². The van der Waals surface area contributed by atoms with Gasteiger partial charge in [0.1, 0.15) is 6.26 Å². The lowest BCUT2D eigenvalue weighted by Crippen LogP contribution is -2.20. The smallest absolute Gasteiger partial charge is 0.191 e. The van der Waals surface area contributed by atoms with Gasteiger partial charge in [-0.15, -0.1) is 0 Å². The van der Waals surface area contributed by atoms with E-state index in [4.69, 9.17) is 16.0 Å². The Labute approximate surface area is 111 Å². The van der Waals surface area contributed by atoms with Crippen molar-refractivity contribution in [1.82, 2.24) is 20.1 Å².